The molecule has 1 atom stereocenters. The number of H-pyrrole nitrogens is 1. The van der Waals surface area contributed by atoms with Gasteiger partial charge in [-0.25, -0.2) is 9.37 Å². The van der Waals surface area contributed by atoms with Gasteiger partial charge in [-0.05, 0) is 25.0 Å². The maximum absolute atomic E-state index is 13.7. The molecule has 2 aromatic rings. The molecule has 21 heavy (non-hydrogen) atoms. The number of halogens is 2. The Kier molecular flexibility index (Phi) is 3.64. The van der Waals surface area contributed by atoms with Crippen molar-refractivity contribution in [2.45, 2.75) is 18.8 Å². The first-order chi connectivity index (χ1) is 10.2. The summed E-state index contributed by atoms with van der Waals surface area (Å²) in [6, 6.07) is 3.08. The summed E-state index contributed by atoms with van der Waals surface area (Å²) in [6.45, 7) is 0.997. The molecule has 0 bridgehead atoms. The summed E-state index contributed by atoms with van der Waals surface area (Å²) < 4.78 is 26.8. The van der Waals surface area contributed by atoms with Gasteiger partial charge in [-0.15, -0.1) is 0 Å². The van der Waals surface area contributed by atoms with E-state index < -0.39 is 17.7 Å². The minimum Gasteiger partial charge on any atom is -0.338 e. The molecule has 3 heterocycles. The number of carbonyl (C=O) groups is 1. The molecule has 1 unspecified atom stereocenters. The van der Waals surface area contributed by atoms with Gasteiger partial charge >= 0.3 is 0 Å². The summed E-state index contributed by atoms with van der Waals surface area (Å²) in [5.41, 5.74) is 0.682. The molecule has 1 saturated heterocycles. The fraction of sp³-hybridized carbons (Fsp3) is 0.357. The Morgan fingerprint density at radius 3 is 2.95 bits per heavy atom. The Bertz CT molecular complexity index is 644. The van der Waals surface area contributed by atoms with Crippen molar-refractivity contribution in [1.29, 1.82) is 0 Å². The molecule has 1 N–H and O–H groups in total. The van der Waals surface area contributed by atoms with Crippen molar-refractivity contribution < 1.29 is 13.6 Å². The van der Waals surface area contributed by atoms with Crippen LogP contribution in [0.2, 0.25) is 0 Å². The van der Waals surface area contributed by atoms with Crippen molar-refractivity contribution in [3.05, 3.63) is 47.5 Å². The molecule has 7 heteroatoms. The normalized spacial score (nSPS) is 18.8. The van der Waals surface area contributed by atoms with Crippen LogP contribution in [0.25, 0.3) is 0 Å². The van der Waals surface area contributed by atoms with E-state index in [-0.39, 0.29) is 11.5 Å². The minimum absolute atomic E-state index is 0.139. The van der Waals surface area contributed by atoms with Crippen molar-refractivity contribution in [3.8, 4) is 0 Å². The molecule has 0 radical (unpaired) electrons. The lowest BCUT2D eigenvalue weighted by molar-refractivity contribution is 0.0699. The highest BCUT2D eigenvalue weighted by molar-refractivity contribution is 5.94. The van der Waals surface area contributed by atoms with E-state index in [0.29, 0.717) is 13.1 Å². The summed E-state index contributed by atoms with van der Waals surface area (Å²) in [5.74, 6) is -2.80. The highest BCUT2D eigenvalue weighted by Crippen LogP contribution is 2.26. The van der Waals surface area contributed by atoms with Gasteiger partial charge in [-0.1, -0.05) is 0 Å². The number of hydrogen-bond acceptors (Lipinski definition) is 3. The van der Waals surface area contributed by atoms with Gasteiger partial charge in [0, 0.05) is 37.1 Å². The number of aromatic nitrogens is 3. The van der Waals surface area contributed by atoms with Crippen LogP contribution >= 0.6 is 0 Å². The van der Waals surface area contributed by atoms with Gasteiger partial charge < -0.3 is 4.90 Å². The number of likely N-dealkylation sites (tertiary alicyclic amines) is 1. The Labute approximate surface area is 120 Å². The van der Waals surface area contributed by atoms with E-state index in [2.05, 4.69) is 15.2 Å². The van der Waals surface area contributed by atoms with E-state index in [9.17, 15) is 13.6 Å². The predicted molar refractivity (Wildman–Crippen MR) is 70.6 cm³/mol. The molecule has 0 aliphatic carbocycles. The zero-order valence-corrected chi connectivity index (χ0v) is 11.2. The lowest BCUT2D eigenvalue weighted by atomic mass is 9.94. The largest absolute Gasteiger partial charge is 0.338 e. The van der Waals surface area contributed by atoms with Crippen LogP contribution in [0.1, 0.15) is 34.8 Å². The number of aromatic amines is 1. The average molecular weight is 292 g/mol. The van der Waals surface area contributed by atoms with E-state index in [1.54, 1.807) is 11.1 Å². The quantitative estimate of drug-likeness (QED) is 0.862. The molecular weight excluding hydrogens is 278 g/mol. The molecule has 110 valence electrons. The second kappa shape index (κ2) is 5.59. The fourth-order valence-corrected chi connectivity index (χ4v) is 2.66. The topological polar surface area (TPSA) is 61.9 Å². The molecule has 3 rings (SSSR count). The van der Waals surface area contributed by atoms with Crippen LogP contribution in [0.4, 0.5) is 8.78 Å². The Morgan fingerprint density at radius 2 is 2.19 bits per heavy atom. The molecule has 0 spiro atoms. The number of carbonyl (C=O) groups excluding carboxylic acids is 1. The third-order valence-electron chi connectivity index (χ3n) is 3.75. The average Bonchev–Trinajstić information content (AvgIpc) is 3.04. The smallest absolute Gasteiger partial charge is 0.257 e. The van der Waals surface area contributed by atoms with Crippen LogP contribution < -0.4 is 0 Å². The zero-order chi connectivity index (χ0) is 14.8. The van der Waals surface area contributed by atoms with Crippen molar-refractivity contribution in [2.75, 3.05) is 13.1 Å². The fourth-order valence-electron chi connectivity index (χ4n) is 2.66. The molecule has 2 aromatic heterocycles. The third kappa shape index (κ3) is 2.63. The molecule has 1 aliphatic rings. The predicted octanol–water partition coefficient (Wildman–Crippen LogP) is 2.10. The number of hydrogen-bond donors (Lipinski definition) is 1. The van der Waals surface area contributed by atoms with Gasteiger partial charge in [0.05, 0.1) is 5.56 Å². The van der Waals surface area contributed by atoms with E-state index >= 15 is 0 Å². The molecule has 0 saturated carbocycles. The highest BCUT2D eigenvalue weighted by Gasteiger charge is 2.28. The molecular formula is C14H14F2N4O. The standard InChI is InChI=1S/C14H14F2N4O/c15-12-10(3-5-17-13(12)16)14(21)20-7-1-2-9(8-20)11-4-6-18-19-11/h3-6,9H,1-2,7-8H2,(H,18,19). The number of nitrogens with one attached hydrogen (secondary N) is 1. The second-order valence-corrected chi connectivity index (χ2v) is 5.07. The summed E-state index contributed by atoms with van der Waals surface area (Å²) in [6.07, 6.45) is 4.50. The summed E-state index contributed by atoms with van der Waals surface area (Å²) in [5, 5.41) is 6.80. The van der Waals surface area contributed by atoms with Crippen LogP contribution in [0.15, 0.2) is 24.5 Å². The lowest BCUT2D eigenvalue weighted by Gasteiger charge is -2.32. The molecule has 5 nitrogen and oxygen atoms in total. The van der Waals surface area contributed by atoms with Crippen molar-refractivity contribution in [1.82, 2.24) is 20.1 Å². The maximum atomic E-state index is 13.7. The number of rotatable bonds is 2. The zero-order valence-electron chi connectivity index (χ0n) is 11.2. The van der Waals surface area contributed by atoms with Crippen LogP contribution in [0.3, 0.4) is 0 Å². The van der Waals surface area contributed by atoms with Crippen LogP contribution in [-0.2, 0) is 0 Å². The Balaban J connectivity index is 1.80. The van der Waals surface area contributed by atoms with Crippen molar-refractivity contribution in [3.63, 3.8) is 0 Å². The van der Waals surface area contributed by atoms with Crippen LogP contribution in [0.5, 0.6) is 0 Å². The lowest BCUT2D eigenvalue weighted by Crippen LogP contribution is -2.39. The number of nitrogens with zero attached hydrogens (tertiary/aromatic N) is 3. The Hall–Kier alpha value is -2.31. The van der Waals surface area contributed by atoms with Crippen molar-refractivity contribution >= 4 is 5.91 Å². The summed E-state index contributed by atoms with van der Waals surface area (Å²) >= 11 is 0. The maximum Gasteiger partial charge on any atom is 0.257 e. The van der Waals surface area contributed by atoms with E-state index in [1.807, 2.05) is 6.07 Å². The molecule has 1 fully saturated rings. The molecule has 1 amide bonds. The first-order valence-corrected chi connectivity index (χ1v) is 6.75. The number of piperidine rings is 1. The monoisotopic (exact) mass is 292 g/mol. The number of pyridine rings is 1. The van der Waals surface area contributed by atoms with Crippen LogP contribution in [0, 0.1) is 11.8 Å². The van der Waals surface area contributed by atoms with Crippen molar-refractivity contribution in [2.24, 2.45) is 0 Å². The Morgan fingerprint density at radius 1 is 1.33 bits per heavy atom. The third-order valence-corrected chi connectivity index (χ3v) is 3.75. The van der Waals surface area contributed by atoms with Gasteiger partial charge in [0.2, 0.25) is 5.95 Å². The van der Waals surface area contributed by atoms with E-state index in [4.69, 9.17) is 0 Å². The van der Waals surface area contributed by atoms with Gasteiger partial charge in [-0.3, -0.25) is 9.89 Å². The van der Waals surface area contributed by atoms with Crippen LogP contribution in [-0.4, -0.2) is 39.1 Å². The molecule has 1 aliphatic heterocycles. The van der Waals surface area contributed by atoms with Gasteiger partial charge in [0.15, 0.2) is 5.82 Å². The van der Waals surface area contributed by atoms with E-state index in [0.717, 1.165) is 24.7 Å². The first kappa shape index (κ1) is 13.7. The van der Waals surface area contributed by atoms with Gasteiger partial charge in [0.1, 0.15) is 0 Å². The number of amides is 1. The summed E-state index contributed by atoms with van der Waals surface area (Å²) in [7, 11) is 0. The van der Waals surface area contributed by atoms with Gasteiger partial charge in [0.25, 0.3) is 5.91 Å². The first-order valence-electron chi connectivity index (χ1n) is 6.75. The minimum atomic E-state index is -1.25. The highest BCUT2D eigenvalue weighted by atomic mass is 19.2. The SMILES string of the molecule is O=C(c1ccnc(F)c1F)N1CCCC(c2ccn[nH]2)C1. The summed E-state index contributed by atoms with van der Waals surface area (Å²) in [4.78, 5) is 17.1. The molecule has 0 aromatic carbocycles. The second-order valence-electron chi connectivity index (χ2n) is 5.07. The van der Waals surface area contributed by atoms with E-state index in [1.165, 1.54) is 6.07 Å². The van der Waals surface area contributed by atoms with Gasteiger partial charge in [-0.2, -0.15) is 9.49 Å².